The number of nitrogens with one attached hydrogen (secondary N) is 1. The fourth-order valence-corrected chi connectivity index (χ4v) is 1.19. The number of rotatable bonds is 5. The maximum Gasteiger partial charge on any atom is 0.354 e. The SMILES string of the molecule is O=C(O)c1[nH]ncc1C(O)C(O)CCO. The molecule has 0 aliphatic carbocycles. The lowest BCUT2D eigenvalue weighted by Gasteiger charge is -2.15. The Kier molecular flexibility index (Phi) is 3.78. The van der Waals surface area contributed by atoms with Crippen LogP contribution in [-0.2, 0) is 0 Å². The van der Waals surface area contributed by atoms with Gasteiger partial charge in [-0.15, -0.1) is 0 Å². The molecule has 0 radical (unpaired) electrons. The molecule has 2 atom stereocenters. The van der Waals surface area contributed by atoms with E-state index in [4.69, 9.17) is 10.2 Å². The Morgan fingerprint density at radius 3 is 2.73 bits per heavy atom. The molecule has 84 valence electrons. The second kappa shape index (κ2) is 4.87. The number of carbonyl (C=O) groups is 1. The molecule has 0 aliphatic heterocycles. The molecule has 2 unspecified atom stereocenters. The summed E-state index contributed by atoms with van der Waals surface area (Å²) in [5.41, 5.74) is -0.261. The van der Waals surface area contributed by atoms with Crippen LogP contribution in [0.1, 0.15) is 28.6 Å². The molecule has 1 heterocycles. The lowest BCUT2D eigenvalue weighted by Crippen LogP contribution is -2.21. The van der Waals surface area contributed by atoms with Gasteiger partial charge in [0.05, 0.1) is 12.3 Å². The predicted molar refractivity (Wildman–Crippen MR) is 48.2 cm³/mol. The normalized spacial score (nSPS) is 14.9. The molecule has 15 heavy (non-hydrogen) atoms. The molecular formula is C8H12N2O5. The zero-order valence-electron chi connectivity index (χ0n) is 7.79. The molecule has 0 aromatic carbocycles. The van der Waals surface area contributed by atoms with Gasteiger partial charge in [0.2, 0.25) is 0 Å². The fourth-order valence-electron chi connectivity index (χ4n) is 1.19. The van der Waals surface area contributed by atoms with Crippen LogP contribution in [0.5, 0.6) is 0 Å². The van der Waals surface area contributed by atoms with Crippen LogP contribution >= 0.6 is 0 Å². The summed E-state index contributed by atoms with van der Waals surface area (Å²) < 4.78 is 0. The number of carboxylic acids is 1. The highest BCUT2D eigenvalue weighted by atomic mass is 16.4. The monoisotopic (exact) mass is 216 g/mol. The second-order valence-corrected chi connectivity index (χ2v) is 3.03. The summed E-state index contributed by atoms with van der Waals surface area (Å²) in [6, 6.07) is 0. The van der Waals surface area contributed by atoms with Crippen molar-refractivity contribution in [1.29, 1.82) is 0 Å². The van der Waals surface area contributed by atoms with Crippen molar-refractivity contribution in [1.82, 2.24) is 10.2 Å². The minimum absolute atomic E-state index is 0.00319. The Bertz CT molecular complexity index is 338. The molecule has 7 nitrogen and oxygen atoms in total. The molecule has 1 aromatic rings. The van der Waals surface area contributed by atoms with Crippen LogP contribution in [0, 0.1) is 0 Å². The molecular weight excluding hydrogens is 204 g/mol. The van der Waals surface area contributed by atoms with Gasteiger partial charge in [0.1, 0.15) is 11.8 Å². The molecule has 5 N–H and O–H groups in total. The van der Waals surface area contributed by atoms with Crippen LogP contribution in [0.3, 0.4) is 0 Å². The number of aromatic amines is 1. The van der Waals surface area contributed by atoms with E-state index in [-0.39, 0.29) is 24.3 Å². The Morgan fingerprint density at radius 1 is 1.53 bits per heavy atom. The van der Waals surface area contributed by atoms with E-state index in [1.165, 1.54) is 0 Å². The summed E-state index contributed by atoms with van der Waals surface area (Å²) in [6.45, 7) is -0.293. The summed E-state index contributed by atoms with van der Waals surface area (Å²) >= 11 is 0. The van der Waals surface area contributed by atoms with E-state index < -0.39 is 18.2 Å². The van der Waals surface area contributed by atoms with Crippen LogP contribution in [0.15, 0.2) is 6.20 Å². The number of H-pyrrole nitrogens is 1. The third-order valence-electron chi connectivity index (χ3n) is 1.99. The van der Waals surface area contributed by atoms with Crippen molar-refractivity contribution in [3.63, 3.8) is 0 Å². The Labute approximate surface area is 85.0 Å². The number of aromatic nitrogens is 2. The zero-order chi connectivity index (χ0) is 11.4. The molecule has 0 bridgehead atoms. The highest BCUT2D eigenvalue weighted by molar-refractivity contribution is 5.87. The first kappa shape index (κ1) is 11.6. The number of hydrogen-bond donors (Lipinski definition) is 5. The lowest BCUT2D eigenvalue weighted by molar-refractivity contribution is 0.00351. The van der Waals surface area contributed by atoms with Gasteiger partial charge in [0.25, 0.3) is 0 Å². The van der Waals surface area contributed by atoms with E-state index in [2.05, 4.69) is 10.2 Å². The minimum atomic E-state index is -1.37. The Hall–Kier alpha value is -1.44. The standard InChI is InChI=1S/C8H12N2O5/c11-2-1-5(12)7(13)4-3-9-10-6(4)8(14)15/h3,5,7,11-13H,1-2H2,(H,9,10)(H,14,15). The fraction of sp³-hybridized carbons (Fsp3) is 0.500. The zero-order valence-corrected chi connectivity index (χ0v) is 7.79. The smallest absolute Gasteiger partial charge is 0.354 e. The first-order valence-electron chi connectivity index (χ1n) is 4.31. The number of hydrogen-bond acceptors (Lipinski definition) is 5. The van der Waals surface area contributed by atoms with Gasteiger partial charge in [-0.05, 0) is 6.42 Å². The third-order valence-corrected chi connectivity index (χ3v) is 1.99. The summed E-state index contributed by atoms with van der Waals surface area (Å²) in [4.78, 5) is 10.7. The van der Waals surface area contributed by atoms with E-state index in [0.717, 1.165) is 6.20 Å². The maximum atomic E-state index is 10.7. The molecule has 1 aromatic heterocycles. The first-order valence-corrected chi connectivity index (χ1v) is 4.31. The summed E-state index contributed by atoms with van der Waals surface area (Å²) in [6.07, 6.45) is -1.49. The van der Waals surface area contributed by atoms with Crippen molar-refractivity contribution in [3.05, 3.63) is 17.5 Å². The number of carboxylic acid groups (broad SMARTS) is 1. The van der Waals surface area contributed by atoms with Crippen LogP contribution in [0.4, 0.5) is 0 Å². The van der Waals surface area contributed by atoms with Crippen LogP contribution in [-0.4, -0.2) is 49.3 Å². The molecule has 0 saturated heterocycles. The summed E-state index contributed by atoms with van der Waals surface area (Å²) in [5.74, 6) is -1.27. The van der Waals surface area contributed by atoms with Crippen LogP contribution in [0.2, 0.25) is 0 Å². The van der Waals surface area contributed by atoms with Crippen LogP contribution in [0.25, 0.3) is 0 Å². The highest BCUT2D eigenvalue weighted by Gasteiger charge is 2.24. The van der Waals surface area contributed by atoms with E-state index >= 15 is 0 Å². The molecule has 0 amide bonds. The quantitative estimate of drug-likeness (QED) is 0.424. The number of aliphatic hydroxyl groups excluding tert-OH is 3. The first-order chi connectivity index (χ1) is 7.07. The van der Waals surface area contributed by atoms with Crippen molar-refractivity contribution in [2.75, 3.05) is 6.61 Å². The molecule has 0 spiro atoms. The number of aliphatic hydroxyl groups is 3. The van der Waals surface area contributed by atoms with Gasteiger partial charge in [-0.2, -0.15) is 5.10 Å². The van der Waals surface area contributed by atoms with Crippen LogP contribution < -0.4 is 0 Å². The van der Waals surface area contributed by atoms with E-state index in [1.54, 1.807) is 0 Å². The highest BCUT2D eigenvalue weighted by Crippen LogP contribution is 2.20. The van der Waals surface area contributed by atoms with E-state index in [0.29, 0.717) is 0 Å². The summed E-state index contributed by atoms with van der Waals surface area (Å²) in [7, 11) is 0. The third kappa shape index (κ3) is 2.52. The van der Waals surface area contributed by atoms with Crippen molar-refractivity contribution in [2.24, 2.45) is 0 Å². The Morgan fingerprint density at radius 2 is 2.20 bits per heavy atom. The molecule has 7 heteroatoms. The predicted octanol–water partition coefficient (Wildman–Crippen LogP) is -1.12. The summed E-state index contributed by atoms with van der Waals surface area (Å²) in [5, 5.41) is 41.8. The van der Waals surface area contributed by atoms with Gasteiger partial charge in [0.15, 0.2) is 0 Å². The number of nitrogens with zero attached hydrogens (tertiary/aromatic N) is 1. The van der Waals surface area contributed by atoms with E-state index in [9.17, 15) is 15.0 Å². The molecule has 1 rings (SSSR count). The van der Waals surface area contributed by atoms with Gasteiger partial charge in [-0.3, -0.25) is 5.10 Å². The maximum absolute atomic E-state index is 10.7. The van der Waals surface area contributed by atoms with Gasteiger partial charge in [-0.1, -0.05) is 0 Å². The molecule has 0 saturated carbocycles. The van der Waals surface area contributed by atoms with Gasteiger partial charge in [-0.25, -0.2) is 4.79 Å². The Balaban J connectivity index is 2.85. The molecule has 0 aliphatic rings. The average Bonchev–Trinajstić information content (AvgIpc) is 2.65. The van der Waals surface area contributed by atoms with E-state index in [1.807, 2.05) is 0 Å². The van der Waals surface area contributed by atoms with Crippen molar-refractivity contribution < 1.29 is 25.2 Å². The molecule has 0 fully saturated rings. The van der Waals surface area contributed by atoms with Crippen molar-refractivity contribution in [2.45, 2.75) is 18.6 Å². The second-order valence-electron chi connectivity index (χ2n) is 3.03. The minimum Gasteiger partial charge on any atom is -0.477 e. The lowest BCUT2D eigenvalue weighted by atomic mass is 10.0. The largest absolute Gasteiger partial charge is 0.477 e. The average molecular weight is 216 g/mol. The van der Waals surface area contributed by atoms with Gasteiger partial charge >= 0.3 is 5.97 Å². The topological polar surface area (TPSA) is 127 Å². The van der Waals surface area contributed by atoms with Crippen molar-refractivity contribution in [3.8, 4) is 0 Å². The number of aromatic carboxylic acids is 1. The van der Waals surface area contributed by atoms with Crippen molar-refractivity contribution >= 4 is 5.97 Å². The van der Waals surface area contributed by atoms with Gasteiger partial charge < -0.3 is 20.4 Å². The van der Waals surface area contributed by atoms with Gasteiger partial charge in [0, 0.05) is 12.2 Å².